The van der Waals surface area contributed by atoms with Crippen LogP contribution in [0.1, 0.15) is 42.9 Å². The topological polar surface area (TPSA) is 123 Å². The number of carbonyl (C=O) groups excluding carboxylic acids is 2. The maximum Gasteiger partial charge on any atom is 0.220 e. The van der Waals surface area contributed by atoms with E-state index in [-0.39, 0.29) is 23.6 Å². The minimum absolute atomic E-state index is 0.0200. The molecule has 1 aromatic heterocycles. The Morgan fingerprint density at radius 1 is 1.41 bits per heavy atom. The first-order valence-corrected chi connectivity index (χ1v) is 8.06. The number of guanidine groups is 1. The normalized spacial score (nSPS) is 12.0. The first-order chi connectivity index (χ1) is 10.4. The number of rotatable bonds is 9. The lowest BCUT2D eigenvalue weighted by molar-refractivity contribution is -0.122. The first kappa shape index (κ1) is 18.1. The molecule has 7 nitrogen and oxygen atoms in total. The molecule has 1 aromatic rings. The number of hydrogen-bond acceptors (Lipinski definition) is 5. The lowest BCUT2D eigenvalue weighted by Crippen LogP contribution is -2.41. The van der Waals surface area contributed by atoms with E-state index in [1.165, 1.54) is 11.3 Å². The van der Waals surface area contributed by atoms with E-state index in [9.17, 15) is 9.59 Å². The number of carbonyl (C=O) groups is 2. The van der Waals surface area contributed by atoms with Crippen LogP contribution >= 0.6 is 11.3 Å². The quantitative estimate of drug-likeness (QED) is 0.269. The molecule has 1 amide bonds. The number of nitrogens with two attached hydrogens (primary N) is 2. The fourth-order valence-corrected chi connectivity index (χ4v) is 2.52. The van der Waals surface area contributed by atoms with Crippen molar-refractivity contribution >= 4 is 29.0 Å². The minimum atomic E-state index is -0.591. The number of aliphatic imine (C=N–C) groups is 1. The third-order valence-electron chi connectivity index (χ3n) is 2.83. The monoisotopic (exact) mass is 325 g/mol. The van der Waals surface area contributed by atoms with E-state index in [4.69, 9.17) is 11.5 Å². The molecule has 0 aliphatic heterocycles. The summed E-state index contributed by atoms with van der Waals surface area (Å²) in [5.74, 6) is -0.0487. The molecule has 1 heterocycles. The van der Waals surface area contributed by atoms with Gasteiger partial charge in [0.15, 0.2) is 11.0 Å². The maximum atomic E-state index is 12.4. The number of amides is 1. The Balaban J connectivity index is 2.65. The van der Waals surface area contributed by atoms with Crippen LogP contribution in [0.5, 0.6) is 0 Å². The van der Waals surface area contributed by atoms with E-state index in [0.717, 1.165) is 0 Å². The standard InChI is InChI=1S/C14H23N5O2S/c1-9(2)8-11(20)19-10(4-3-5-18-14(15)16)12(21)13-17-6-7-22-13/h6-7,9-10H,3-5,8H2,1-2H3,(H,19,20)(H4,15,16,18)/t10-/m0/s1. The number of ketones is 1. The predicted molar refractivity (Wildman–Crippen MR) is 87.7 cm³/mol. The Bertz CT molecular complexity index is 509. The van der Waals surface area contributed by atoms with Crippen LogP contribution in [0.2, 0.25) is 0 Å². The van der Waals surface area contributed by atoms with Crippen molar-refractivity contribution in [2.45, 2.75) is 39.2 Å². The zero-order valence-corrected chi connectivity index (χ0v) is 13.7. The van der Waals surface area contributed by atoms with Crippen molar-refractivity contribution in [2.24, 2.45) is 22.4 Å². The number of thiazole rings is 1. The van der Waals surface area contributed by atoms with Gasteiger partial charge in [0.05, 0.1) is 6.04 Å². The highest BCUT2D eigenvalue weighted by molar-refractivity contribution is 7.11. The molecule has 0 aromatic carbocycles. The molecular weight excluding hydrogens is 302 g/mol. The Hall–Kier alpha value is -1.96. The number of hydrogen-bond donors (Lipinski definition) is 3. The highest BCUT2D eigenvalue weighted by Gasteiger charge is 2.23. The lowest BCUT2D eigenvalue weighted by atomic mass is 10.1. The SMILES string of the molecule is CC(C)CC(=O)N[C@@H](CCCN=C(N)N)C(=O)c1nccs1. The van der Waals surface area contributed by atoms with Crippen molar-refractivity contribution in [3.63, 3.8) is 0 Å². The summed E-state index contributed by atoms with van der Waals surface area (Å²) in [4.78, 5) is 32.2. The smallest absolute Gasteiger partial charge is 0.220 e. The molecule has 0 saturated carbocycles. The molecule has 1 atom stereocenters. The van der Waals surface area contributed by atoms with Crippen LogP contribution in [0.15, 0.2) is 16.6 Å². The molecule has 0 fully saturated rings. The van der Waals surface area contributed by atoms with Crippen molar-refractivity contribution in [3.05, 3.63) is 16.6 Å². The van der Waals surface area contributed by atoms with Crippen molar-refractivity contribution in [2.75, 3.05) is 6.54 Å². The van der Waals surface area contributed by atoms with Gasteiger partial charge in [0.25, 0.3) is 0 Å². The molecule has 0 aliphatic rings. The maximum absolute atomic E-state index is 12.4. The van der Waals surface area contributed by atoms with Gasteiger partial charge >= 0.3 is 0 Å². The van der Waals surface area contributed by atoms with Crippen molar-refractivity contribution in [1.29, 1.82) is 0 Å². The van der Waals surface area contributed by atoms with E-state index in [1.807, 2.05) is 13.8 Å². The van der Waals surface area contributed by atoms with Gasteiger partial charge in [-0.25, -0.2) is 4.98 Å². The Morgan fingerprint density at radius 3 is 2.68 bits per heavy atom. The molecule has 8 heteroatoms. The highest BCUT2D eigenvalue weighted by Crippen LogP contribution is 2.12. The summed E-state index contributed by atoms with van der Waals surface area (Å²) in [5, 5.41) is 4.93. The van der Waals surface area contributed by atoms with Gasteiger partial charge in [-0.3, -0.25) is 14.6 Å². The molecule has 122 valence electrons. The van der Waals surface area contributed by atoms with Crippen molar-refractivity contribution in [3.8, 4) is 0 Å². The van der Waals surface area contributed by atoms with Crippen LogP contribution in [-0.2, 0) is 4.79 Å². The molecular formula is C14H23N5O2S. The van der Waals surface area contributed by atoms with Crippen LogP contribution in [0.4, 0.5) is 0 Å². The van der Waals surface area contributed by atoms with E-state index in [0.29, 0.717) is 30.8 Å². The lowest BCUT2D eigenvalue weighted by Gasteiger charge is -2.17. The predicted octanol–water partition coefficient (Wildman–Crippen LogP) is 0.910. The van der Waals surface area contributed by atoms with E-state index in [2.05, 4.69) is 15.3 Å². The van der Waals surface area contributed by atoms with E-state index < -0.39 is 6.04 Å². The van der Waals surface area contributed by atoms with E-state index >= 15 is 0 Å². The van der Waals surface area contributed by atoms with Crippen molar-refractivity contribution in [1.82, 2.24) is 10.3 Å². The third kappa shape index (κ3) is 6.66. The number of aromatic nitrogens is 1. The van der Waals surface area contributed by atoms with Crippen LogP contribution in [-0.4, -0.2) is 35.2 Å². The highest BCUT2D eigenvalue weighted by atomic mass is 32.1. The third-order valence-corrected chi connectivity index (χ3v) is 3.62. The fourth-order valence-electron chi connectivity index (χ4n) is 1.89. The number of nitrogens with one attached hydrogen (secondary N) is 1. The summed E-state index contributed by atoms with van der Waals surface area (Å²) in [7, 11) is 0. The molecule has 0 bridgehead atoms. The Morgan fingerprint density at radius 2 is 2.14 bits per heavy atom. The zero-order chi connectivity index (χ0) is 16.5. The molecule has 0 spiro atoms. The Kier molecular flexibility index (Phi) is 7.51. The summed E-state index contributed by atoms with van der Waals surface area (Å²) in [5.41, 5.74) is 10.5. The summed E-state index contributed by atoms with van der Waals surface area (Å²) in [6, 6.07) is -0.591. The second-order valence-corrected chi connectivity index (χ2v) is 6.26. The largest absolute Gasteiger partial charge is 0.370 e. The van der Waals surface area contributed by atoms with Gasteiger partial charge in [-0.2, -0.15) is 0 Å². The van der Waals surface area contributed by atoms with Crippen LogP contribution < -0.4 is 16.8 Å². The first-order valence-electron chi connectivity index (χ1n) is 7.18. The molecule has 0 radical (unpaired) electrons. The Labute approximate surface area is 134 Å². The summed E-state index contributed by atoms with van der Waals surface area (Å²) in [6.45, 7) is 4.33. The van der Waals surface area contributed by atoms with Crippen molar-refractivity contribution < 1.29 is 9.59 Å². The van der Waals surface area contributed by atoms with Gasteiger partial charge < -0.3 is 16.8 Å². The van der Waals surface area contributed by atoms with Crippen LogP contribution in [0, 0.1) is 5.92 Å². The average molecular weight is 325 g/mol. The summed E-state index contributed by atoms with van der Waals surface area (Å²) in [6.07, 6.45) is 3.03. The zero-order valence-electron chi connectivity index (χ0n) is 12.9. The average Bonchev–Trinajstić information content (AvgIpc) is 2.94. The number of Topliss-reactive ketones (excluding diaryl/α,β-unsaturated/α-hetero) is 1. The van der Waals surface area contributed by atoms with E-state index in [1.54, 1.807) is 11.6 Å². The van der Waals surface area contributed by atoms with Gasteiger partial charge in [0.1, 0.15) is 0 Å². The molecule has 1 rings (SSSR count). The summed E-state index contributed by atoms with van der Waals surface area (Å²) >= 11 is 1.26. The molecule has 0 unspecified atom stereocenters. The second-order valence-electron chi connectivity index (χ2n) is 5.37. The van der Waals surface area contributed by atoms with Crippen LogP contribution in [0.25, 0.3) is 0 Å². The molecule has 5 N–H and O–H groups in total. The second kappa shape index (κ2) is 9.14. The minimum Gasteiger partial charge on any atom is -0.370 e. The van der Waals surface area contributed by atoms with Gasteiger partial charge in [0.2, 0.25) is 11.7 Å². The molecule has 0 saturated heterocycles. The van der Waals surface area contributed by atoms with Gasteiger partial charge in [-0.15, -0.1) is 11.3 Å². The van der Waals surface area contributed by atoms with Gasteiger partial charge in [0, 0.05) is 24.5 Å². The van der Waals surface area contributed by atoms with Gasteiger partial charge in [-0.05, 0) is 18.8 Å². The fraction of sp³-hybridized carbons (Fsp3) is 0.571. The molecule has 22 heavy (non-hydrogen) atoms. The summed E-state index contributed by atoms with van der Waals surface area (Å²) < 4.78 is 0. The number of nitrogens with zero attached hydrogens (tertiary/aromatic N) is 2. The van der Waals surface area contributed by atoms with Gasteiger partial charge in [-0.1, -0.05) is 13.8 Å². The molecule has 0 aliphatic carbocycles. The van der Waals surface area contributed by atoms with Crippen LogP contribution in [0.3, 0.4) is 0 Å².